The molecule has 0 aliphatic carbocycles. The topological polar surface area (TPSA) is 115 Å². The van der Waals surface area contributed by atoms with Crippen molar-refractivity contribution in [3.63, 3.8) is 0 Å². The summed E-state index contributed by atoms with van der Waals surface area (Å²) >= 11 is 0. The van der Waals surface area contributed by atoms with Crippen LogP contribution in [0, 0.1) is 0 Å². The lowest BCUT2D eigenvalue weighted by Crippen LogP contribution is -2.27. The van der Waals surface area contributed by atoms with E-state index in [0.29, 0.717) is 25.1 Å². The summed E-state index contributed by atoms with van der Waals surface area (Å²) in [7, 11) is -3.67. The van der Waals surface area contributed by atoms with Crippen molar-refractivity contribution >= 4 is 21.6 Å². The molecule has 0 radical (unpaired) electrons. The number of rotatable bonds is 6. The average molecular weight is 333 g/mol. The SMILES string of the molecule is Nc1ccc(CC(=O)NCCc2ccc(S(N)(=O)=O)cc2)cc1. The van der Waals surface area contributed by atoms with Gasteiger partial charge in [-0.1, -0.05) is 24.3 Å². The number of nitrogens with one attached hydrogen (secondary N) is 1. The van der Waals surface area contributed by atoms with Crippen LogP contribution in [0.2, 0.25) is 0 Å². The summed E-state index contributed by atoms with van der Waals surface area (Å²) in [5.41, 5.74) is 8.08. The molecule has 0 heterocycles. The lowest BCUT2D eigenvalue weighted by atomic mass is 10.1. The molecule has 7 heteroatoms. The number of sulfonamides is 1. The second kappa shape index (κ2) is 7.26. The Kier molecular flexibility index (Phi) is 5.36. The summed E-state index contributed by atoms with van der Waals surface area (Å²) in [6, 6.07) is 13.5. The summed E-state index contributed by atoms with van der Waals surface area (Å²) in [5, 5.41) is 7.86. The molecule has 0 saturated heterocycles. The zero-order valence-electron chi connectivity index (χ0n) is 12.5. The Morgan fingerprint density at radius 1 is 0.957 bits per heavy atom. The van der Waals surface area contributed by atoms with E-state index >= 15 is 0 Å². The number of nitrogens with two attached hydrogens (primary N) is 2. The smallest absolute Gasteiger partial charge is 0.238 e. The first-order valence-corrected chi connectivity index (χ1v) is 8.62. The maximum absolute atomic E-state index is 11.8. The maximum atomic E-state index is 11.8. The molecule has 2 aromatic rings. The van der Waals surface area contributed by atoms with Gasteiger partial charge in [0.2, 0.25) is 15.9 Å². The van der Waals surface area contributed by atoms with Crippen molar-refractivity contribution in [2.24, 2.45) is 5.14 Å². The van der Waals surface area contributed by atoms with Gasteiger partial charge in [0.05, 0.1) is 11.3 Å². The molecule has 0 bridgehead atoms. The summed E-state index contributed by atoms with van der Waals surface area (Å²) in [6.07, 6.45) is 0.906. The minimum atomic E-state index is -3.67. The van der Waals surface area contributed by atoms with Gasteiger partial charge in [-0.05, 0) is 41.8 Å². The van der Waals surface area contributed by atoms with E-state index in [-0.39, 0.29) is 10.8 Å². The van der Waals surface area contributed by atoms with Crippen LogP contribution in [-0.2, 0) is 27.7 Å². The molecule has 0 atom stereocenters. The average Bonchev–Trinajstić information content (AvgIpc) is 2.49. The van der Waals surface area contributed by atoms with Gasteiger partial charge in [-0.2, -0.15) is 0 Å². The molecule has 6 nitrogen and oxygen atoms in total. The molecule has 5 N–H and O–H groups in total. The van der Waals surface area contributed by atoms with Crippen LogP contribution < -0.4 is 16.2 Å². The molecule has 0 saturated carbocycles. The third-order valence-corrected chi connectivity index (χ3v) is 4.26. The summed E-state index contributed by atoms with van der Waals surface area (Å²) in [5.74, 6) is -0.0732. The number of carbonyl (C=O) groups excluding carboxylic acids is 1. The number of primary sulfonamides is 1. The number of carbonyl (C=O) groups is 1. The zero-order valence-corrected chi connectivity index (χ0v) is 13.3. The number of nitrogen functional groups attached to an aromatic ring is 1. The first-order valence-electron chi connectivity index (χ1n) is 7.07. The number of amides is 1. The standard InChI is InChI=1S/C16H19N3O3S/c17-14-5-1-13(2-6-14)11-16(20)19-10-9-12-3-7-15(8-4-12)23(18,21)22/h1-8H,9-11,17H2,(H,19,20)(H2,18,21,22). The van der Waals surface area contributed by atoms with Crippen LogP contribution in [-0.4, -0.2) is 20.9 Å². The highest BCUT2D eigenvalue weighted by Crippen LogP contribution is 2.09. The Balaban J connectivity index is 1.80. The molecule has 1 amide bonds. The lowest BCUT2D eigenvalue weighted by molar-refractivity contribution is -0.120. The molecule has 0 aromatic heterocycles. The van der Waals surface area contributed by atoms with Crippen molar-refractivity contribution in [3.8, 4) is 0 Å². The fourth-order valence-electron chi connectivity index (χ4n) is 2.08. The number of anilines is 1. The van der Waals surface area contributed by atoms with Gasteiger partial charge in [0.15, 0.2) is 0 Å². The van der Waals surface area contributed by atoms with Crippen LogP contribution in [0.5, 0.6) is 0 Å². The Morgan fingerprint density at radius 3 is 2.09 bits per heavy atom. The van der Waals surface area contributed by atoms with Crippen LogP contribution >= 0.6 is 0 Å². The van der Waals surface area contributed by atoms with Gasteiger partial charge in [0, 0.05) is 12.2 Å². The molecule has 122 valence electrons. The van der Waals surface area contributed by atoms with Crippen molar-refractivity contribution in [1.82, 2.24) is 5.32 Å². The van der Waals surface area contributed by atoms with E-state index in [1.54, 1.807) is 24.3 Å². The van der Waals surface area contributed by atoms with Gasteiger partial charge >= 0.3 is 0 Å². The van der Waals surface area contributed by atoms with Crippen molar-refractivity contribution in [2.75, 3.05) is 12.3 Å². The quantitative estimate of drug-likeness (QED) is 0.679. The summed E-state index contributed by atoms with van der Waals surface area (Å²) in [4.78, 5) is 11.9. The molecule has 0 aliphatic heterocycles. The molecular weight excluding hydrogens is 314 g/mol. The van der Waals surface area contributed by atoms with E-state index in [0.717, 1.165) is 11.1 Å². The Morgan fingerprint density at radius 2 is 1.52 bits per heavy atom. The van der Waals surface area contributed by atoms with Crippen molar-refractivity contribution in [1.29, 1.82) is 0 Å². The number of benzene rings is 2. The largest absolute Gasteiger partial charge is 0.399 e. The molecule has 0 fully saturated rings. The monoisotopic (exact) mass is 333 g/mol. The third-order valence-electron chi connectivity index (χ3n) is 3.33. The molecule has 0 unspecified atom stereocenters. The Labute approximate surface area is 135 Å². The van der Waals surface area contributed by atoms with Gasteiger partial charge < -0.3 is 11.1 Å². The van der Waals surface area contributed by atoms with Crippen molar-refractivity contribution < 1.29 is 13.2 Å². The van der Waals surface area contributed by atoms with Crippen LogP contribution in [0.4, 0.5) is 5.69 Å². The highest BCUT2D eigenvalue weighted by atomic mass is 32.2. The van der Waals surface area contributed by atoms with Crippen LogP contribution in [0.15, 0.2) is 53.4 Å². The van der Waals surface area contributed by atoms with Gasteiger partial charge in [-0.15, -0.1) is 0 Å². The Bertz CT molecular complexity index is 769. The normalized spacial score (nSPS) is 11.2. The van der Waals surface area contributed by atoms with Gasteiger partial charge in [-0.25, -0.2) is 13.6 Å². The predicted molar refractivity (Wildman–Crippen MR) is 89.1 cm³/mol. The second-order valence-corrected chi connectivity index (χ2v) is 6.77. The number of hydrogen-bond donors (Lipinski definition) is 3. The van der Waals surface area contributed by atoms with Crippen molar-refractivity contribution in [2.45, 2.75) is 17.7 Å². The molecule has 2 rings (SSSR count). The van der Waals surface area contributed by atoms with Crippen LogP contribution in [0.3, 0.4) is 0 Å². The highest BCUT2D eigenvalue weighted by Gasteiger charge is 2.07. The van der Waals surface area contributed by atoms with E-state index in [4.69, 9.17) is 10.9 Å². The minimum Gasteiger partial charge on any atom is -0.399 e. The van der Waals surface area contributed by atoms with E-state index in [2.05, 4.69) is 5.32 Å². The summed E-state index contributed by atoms with van der Waals surface area (Å²) < 4.78 is 22.3. The molecule has 0 aliphatic rings. The lowest BCUT2D eigenvalue weighted by Gasteiger charge is -2.06. The predicted octanol–water partition coefficient (Wildman–Crippen LogP) is 0.818. The Hall–Kier alpha value is -2.38. The van der Waals surface area contributed by atoms with Gasteiger partial charge in [0.25, 0.3) is 0 Å². The maximum Gasteiger partial charge on any atom is 0.238 e. The van der Waals surface area contributed by atoms with Gasteiger partial charge in [0.1, 0.15) is 0 Å². The third kappa shape index (κ3) is 5.39. The summed E-state index contributed by atoms with van der Waals surface area (Å²) in [6.45, 7) is 0.475. The fraction of sp³-hybridized carbons (Fsp3) is 0.188. The van der Waals surface area contributed by atoms with E-state index in [1.807, 2.05) is 12.1 Å². The fourth-order valence-corrected chi connectivity index (χ4v) is 2.59. The van der Waals surface area contributed by atoms with Crippen LogP contribution in [0.1, 0.15) is 11.1 Å². The molecule has 23 heavy (non-hydrogen) atoms. The second-order valence-electron chi connectivity index (χ2n) is 5.21. The zero-order chi connectivity index (χ0) is 16.9. The van der Waals surface area contributed by atoms with Gasteiger partial charge in [-0.3, -0.25) is 4.79 Å². The number of hydrogen-bond acceptors (Lipinski definition) is 4. The highest BCUT2D eigenvalue weighted by molar-refractivity contribution is 7.89. The van der Waals surface area contributed by atoms with Crippen molar-refractivity contribution in [3.05, 3.63) is 59.7 Å². The van der Waals surface area contributed by atoms with E-state index < -0.39 is 10.0 Å². The van der Waals surface area contributed by atoms with Crippen LogP contribution in [0.25, 0.3) is 0 Å². The molecule has 0 spiro atoms. The molecular formula is C16H19N3O3S. The first kappa shape index (κ1) is 17.0. The van der Waals surface area contributed by atoms with E-state index in [1.165, 1.54) is 12.1 Å². The first-order chi connectivity index (χ1) is 10.8. The molecule has 2 aromatic carbocycles. The minimum absolute atomic E-state index is 0.0732. The van der Waals surface area contributed by atoms with E-state index in [9.17, 15) is 13.2 Å².